The molecule has 0 aliphatic heterocycles. The maximum Gasteiger partial charge on any atom is 0.273 e. The summed E-state index contributed by atoms with van der Waals surface area (Å²) < 4.78 is 15.8. The van der Waals surface area contributed by atoms with E-state index in [1.54, 1.807) is 25.1 Å². The van der Waals surface area contributed by atoms with Crippen LogP contribution in [0, 0.1) is 6.92 Å². The van der Waals surface area contributed by atoms with E-state index in [2.05, 4.69) is 10.9 Å². The number of amides is 2. The van der Waals surface area contributed by atoms with Crippen LogP contribution in [0.1, 0.15) is 39.8 Å². The van der Waals surface area contributed by atoms with Crippen molar-refractivity contribution in [2.75, 3.05) is 13.7 Å². The van der Waals surface area contributed by atoms with E-state index in [9.17, 15) is 9.59 Å². The lowest BCUT2D eigenvalue weighted by molar-refractivity contribution is 0.0845. The number of methoxy groups -OCH3 is 1. The van der Waals surface area contributed by atoms with Gasteiger partial charge in [0, 0.05) is 5.56 Å². The predicted molar refractivity (Wildman–Crippen MR) is 87.2 cm³/mol. The van der Waals surface area contributed by atoms with Crippen molar-refractivity contribution in [1.82, 2.24) is 10.9 Å². The number of rotatable bonds is 6. The zero-order chi connectivity index (χ0) is 17.5. The number of benzene rings is 1. The highest BCUT2D eigenvalue weighted by atomic mass is 16.5. The van der Waals surface area contributed by atoms with Crippen molar-refractivity contribution in [3.63, 3.8) is 0 Å². The minimum atomic E-state index is -0.468. The van der Waals surface area contributed by atoms with Crippen LogP contribution < -0.4 is 20.3 Å². The van der Waals surface area contributed by atoms with Gasteiger partial charge in [-0.15, -0.1) is 0 Å². The third-order valence-electron chi connectivity index (χ3n) is 3.28. The molecule has 0 aliphatic carbocycles. The van der Waals surface area contributed by atoms with Crippen molar-refractivity contribution in [3.05, 3.63) is 47.4 Å². The molecule has 24 heavy (non-hydrogen) atoms. The first-order chi connectivity index (χ1) is 11.6. The number of ether oxygens (including phenoxy) is 2. The Hall–Kier alpha value is -2.96. The summed E-state index contributed by atoms with van der Waals surface area (Å²) in [6.07, 6.45) is 2.27. The Morgan fingerprint density at radius 1 is 1.12 bits per heavy atom. The van der Waals surface area contributed by atoms with E-state index in [1.165, 1.54) is 19.4 Å². The van der Waals surface area contributed by atoms with Gasteiger partial charge in [-0.3, -0.25) is 20.4 Å². The van der Waals surface area contributed by atoms with E-state index in [0.29, 0.717) is 35.0 Å². The van der Waals surface area contributed by atoms with Gasteiger partial charge in [-0.05, 0) is 37.6 Å². The average Bonchev–Trinajstić information content (AvgIpc) is 3.03. The highest BCUT2D eigenvalue weighted by molar-refractivity contribution is 5.99. The third kappa shape index (κ3) is 4.07. The van der Waals surface area contributed by atoms with Crippen molar-refractivity contribution >= 4 is 11.8 Å². The van der Waals surface area contributed by atoms with Gasteiger partial charge in [-0.2, -0.15) is 0 Å². The second-order valence-corrected chi connectivity index (χ2v) is 5.01. The number of furan rings is 1. The highest BCUT2D eigenvalue weighted by Gasteiger charge is 2.14. The Morgan fingerprint density at radius 2 is 1.88 bits per heavy atom. The standard InChI is InChI=1S/C17H20N2O5/c1-4-8-24-14-6-5-12(10-15(14)22-3)16(20)18-19-17(21)13-7-9-23-11(13)2/h5-7,9-10H,4,8H2,1-3H3,(H,18,20)(H,19,21). The molecule has 7 nitrogen and oxygen atoms in total. The van der Waals surface area contributed by atoms with Crippen LogP contribution in [0.4, 0.5) is 0 Å². The molecular formula is C17H20N2O5. The lowest BCUT2D eigenvalue weighted by Gasteiger charge is -2.12. The molecule has 0 fully saturated rings. The fourth-order valence-electron chi connectivity index (χ4n) is 2.01. The maximum atomic E-state index is 12.2. The number of hydrogen-bond acceptors (Lipinski definition) is 5. The number of hydrogen-bond donors (Lipinski definition) is 2. The van der Waals surface area contributed by atoms with E-state index in [4.69, 9.17) is 13.9 Å². The lowest BCUT2D eigenvalue weighted by Crippen LogP contribution is -2.41. The third-order valence-corrected chi connectivity index (χ3v) is 3.28. The van der Waals surface area contributed by atoms with Gasteiger partial charge < -0.3 is 13.9 Å². The second-order valence-electron chi connectivity index (χ2n) is 5.01. The molecule has 0 unspecified atom stereocenters. The normalized spacial score (nSPS) is 10.1. The molecule has 0 saturated heterocycles. The Labute approximate surface area is 139 Å². The molecule has 2 aromatic rings. The zero-order valence-corrected chi connectivity index (χ0v) is 13.8. The highest BCUT2D eigenvalue weighted by Crippen LogP contribution is 2.28. The van der Waals surface area contributed by atoms with Crippen LogP contribution in [0.3, 0.4) is 0 Å². The molecule has 0 spiro atoms. The monoisotopic (exact) mass is 332 g/mol. The molecule has 1 heterocycles. The summed E-state index contributed by atoms with van der Waals surface area (Å²) in [6, 6.07) is 6.33. The quantitative estimate of drug-likeness (QED) is 0.793. The maximum absolute atomic E-state index is 12.2. The number of aryl methyl sites for hydroxylation is 1. The minimum absolute atomic E-state index is 0.333. The van der Waals surface area contributed by atoms with Gasteiger partial charge in [0.1, 0.15) is 5.76 Å². The van der Waals surface area contributed by atoms with Crippen molar-refractivity contribution in [1.29, 1.82) is 0 Å². The van der Waals surface area contributed by atoms with E-state index in [0.717, 1.165) is 6.42 Å². The number of carbonyl (C=O) groups excluding carboxylic acids is 2. The fourth-order valence-corrected chi connectivity index (χ4v) is 2.01. The van der Waals surface area contributed by atoms with Gasteiger partial charge >= 0.3 is 0 Å². The fraction of sp³-hybridized carbons (Fsp3) is 0.294. The molecule has 1 aromatic carbocycles. The molecule has 128 valence electrons. The van der Waals surface area contributed by atoms with Gasteiger partial charge in [0.25, 0.3) is 11.8 Å². The lowest BCUT2D eigenvalue weighted by atomic mass is 10.2. The van der Waals surface area contributed by atoms with E-state index in [1.807, 2.05) is 6.92 Å². The molecule has 7 heteroatoms. The van der Waals surface area contributed by atoms with Crippen molar-refractivity contribution in [3.8, 4) is 11.5 Å². The number of nitrogens with one attached hydrogen (secondary N) is 2. The summed E-state index contributed by atoms with van der Waals surface area (Å²) in [7, 11) is 1.50. The van der Waals surface area contributed by atoms with Crippen LogP contribution in [0.5, 0.6) is 11.5 Å². The summed E-state index contributed by atoms with van der Waals surface area (Å²) in [4.78, 5) is 24.1. The topological polar surface area (TPSA) is 89.8 Å². The van der Waals surface area contributed by atoms with E-state index >= 15 is 0 Å². The number of hydrazine groups is 1. The van der Waals surface area contributed by atoms with Crippen LogP contribution in [0.15, 0.2) is 34.9 Å². The van der Waals surface area contributed by atoms with E-state index in [-0.39, 0.29) is 0 Å². The largest absolute Gasteiger partial charge is 0.493 e. The van der Waals surface area contributed by atoms with Crippen LogP contribution in [-0.2, 0) is 0 Å². The summed E-state index contributed by atoms with van der Waals surface area (Å²) in [5.41, 5.74) is 5.38. The van der Waals surface area contributed by atoms with Gasteiger partial charge in [0.2, 0.25) is 0 Å². The van der Waals surface area contributed by atoms with Crippen LogP contribution in [0.25, 0.3) is 0 Å². The zero-order valence-electron chi connectivity index (χ0n) is 13.8. The van der Waals surface area contributed by atoms with Gasteiger partial charge in [0.05, 0.1) is 25.5 Å². The molecule has 0 saturated carbocycles. The summed E-state index contributed by atoms with van der Waals surface area (Å²) in [5, 5.41) is 0. The Morgan fingerprint density at radius 3 is 2.50 bits per heavy atom. The summed E-state index contributed by atoms with van der Waals surface area (Å²) >= 11 is 0. The Kier molecular flexibility index (Phi) is 5.83. The predicted octanol–water partition coefficient (Wildman–Crippen LogP) is 2.46. The molecule has 0 radical (unpaired) electrons. The Bertz CT molecular complexity index is 724. The molecule has 0 aliphatic rings. The minimum Gasteiger partial charge on any atom is -0.493 e. The molecule has 2 amide bonds. The molecule has 2 N–H and O–H groups in total. The van der Waals surface area contributed by atoms with E-state index < -0.39 is 11.8 Å². The van der Waals surface area contributed by atoms with Crippen LogP contribution in [0.2, 0.25) is 0 Å². The van der Waals surface area contributed by atoms with Gasteiger partial charge in [0.15, 0.2) is 11.5 Å². The van der Waals surface area contributed by atoms with Gasteiger partial charge in [-0.1, -0.05) is 6.92 Å². The summed E-state index contributed by atoms with van der Waals surface area (Å²) in [6.45, 7) is 4.22. The van der Waals surface area contributed by atoms with Gasteiger partial charge in [-0.25, -0.2) is 0 Å². The SMILES string of the molecule is CCCOc1ccc(C(=O)NNC(=O)c2ccoc2C)cc1OC. The molecule has 2 rings (SSSR count). The molecule has 0 bridgehead atoms. The first kappa shape index (κ1) is 17.4. The van der Waals surface area contributed by atoms with Crippen molar-refractivity contribution in [2.45, 2.75) is 20.3 Å². The molecule has 1 aromatic heterocycles. The first-order valence-electron chi connectivity index (χ1n) is 7.52. The second kappa shape index (κ2) is 8.05. The average molecular weight is 332 g/mol. The van der Waals surface area contributed by atoms with Crippen LogP contribution in [-0.4, -0.2) is 25.5 Å². The number of carbonyl (C=O) groups is 2. The first-order valence-corrected chi connectivity index (χ1v) is 7.52. The van der Waals surface area contributed by atoms with Crippen LogP contribution >= 0.6 is 0 Å². The molecular weight excluding hydrogens is 312 g/mol. The van der Waals surface area contributed by atoms with Crippen molar-refractivity contribution in [2.24, 2.45) is 0 Å². The smallest absolute Gasteiger partial charge is 0.273 e. The van der Waals surface area contributed by atoms with Crippen molar-refractivity contribution < 1.29 is 23.5 Å². The molecule has 0 atom stereocenters. The Balaban J connectivity index is 2.01. The summed E-state index contributed by atoms with van der Waals surface area (Å²) in [5.74, 6) is 0.567.